The van der Waals surface area contributed by atoms with Crippen molar-refractivity contribution in [2.24, 2.45) is 7.05 Å². The number of amides is 2. The Kier molecular flexibility index (Phi) is 5.64. The highest BCUT2D eigenvalue weighted by Crippen LogP contribution is 2.17. The molecule has 0 aliphatic rings. The van der Waals surface area contributed by atoms with Crippen LogP contribution in [0.3, 0.4) is 0 Å². The fourth-order valence-corrected chi connectivity index (χ4v) is 3.60. The van der Waals surface area contributed by atoms with Gasteiger partial charge < -0.3 is 5.11 Å². The normalized spacial score (nSPS) is 11.1. The second-order valence-corrected chi connectivity index (χ2v) is 7.52. The highest BCUT2D eigenvalue weighted by Gasteiger charge is 2.24. The van der Waals surface area contributed by atoms with Gasteiger partial charge in [-0.25, -0.2) is 27.4 Å². The molecule has 0 saturated carbocycles. The Labute approximate surface area is 147 Å². The molecule has 2 amide bonds. The highest BCUT2D eigenvalue weighted by molar-refractivity contribution is 7.99. The molecular formula is C13H15N5O5S2. The van der Waals surface area contributed by atoms with Crippen LogP contribution in [-0.2, 0) is 17.1 Å². The van der Waals surface area contributed by atoms with Crippen molar-refractivity contribution in [3.8, 4) is 0 Å². The molecule has 1 heterocycles. The maximum Gasteiger partial charge on any atom is 0.337 e. The lowest BCUT2D eigenvalue weighted by atomic mass is 10.2. The summed E-state index contributed by atoms with van der Waals surface area (Å²) in [6.07, 6.45) is 0. The van der Waals surface area contributed by atoms with Crippen LogP contribution >= 0.6 is 11.8 Å². The summed E-state index contributed by atoms with van der Waals surface area (Å²) >= 11 is 1.40. The van der Waals surface area contributed by atoms with Crippen LogP contribution in [0.5, 0.6) is 0 Å². The summed E-state index contributed by atoms with van der Waals surface area (Å²) in [5, 5.41) is 15.8. The number of aromatic carboxylic acids is 1. The molecule has 0 bridgehead atoms. The third-order valence-electron chi connectivity index (χ3n) is 2.86. The zero-order valence-electron chi connectivity index (χ0n) is 13.3. The number of carboxylic acids is 1. The first-order valence-electron chi connectivity index (χ1n) is 6.94. The summed E-state index contributed by atoms with van der Waals surface area (Å²) in [5.74, 6) is -0.745. The first-order chi connectivity index (χ1) is 11.7. The molecule has 10 nitrogen and oxygen atoms in total. The zero-order valence-corrected chi connectivity index (χ0v) is 14.9. The third-order valence-corrected chi connectivity index (χ3v) is 5.15. The van der Waals surface area contributed by atoms with Gasteiger partial charge in [-0.1, -0.05) is 30.8 Å². The lowest BCUT2D eigenvalue weighted by molar-refractivity contribution is 0.0692. The van der Waals surface area contributed by atoms with E-state index in [2.05, 4.69) is 15.4 Å². The van der Waals surface area contributed by atoms with Crippen LogP contribution in [0.15, 0.2) is 34.3 Å². The minimum absolute atomic E-state index is 0.0716. The van der Waals surface area contributed by atoms with Crippen LogP contribution in [0, 0.1) is 0 Å². The average molecular weight is 385 g/mol. The number of benzene rings is 1. The monoisotopic (exact) mass is 385 g/mol. The van der Waals surface area contributed by atoms with E-state index in [0.29, 0.717) is 5.16 Å². The van der Waals surface area contributed by atoms with Crippen molar-refractivity contribution < 1.29 is 23.1 Å². The van der Waals surface area contributed by atoms with Gasteiger partial charge in [0.05, 0.1) is 5.56 Å². The summed E-state index contributed by atoms with van der Waals surface area (Å²) in [4.78, 5) is 26.6. The number of carbonyl (C=O) groups excluding carboxylic acids is 1. The summed E-state index contributed by atoms with van der Waals surface area (Å²) in [7, 11) is -2.75. The largest absolute Gasteiger partial charge is 0.478 e. The molecule has 0 radical (unpaired) electrons. The van der Waals surface area contributed by atoms with Crippen molar-refractivity contribution in [1.82, 2.24) is 19.5 Å². The number of hydrogen-bond donors (Lipinski definition) is 3. The highest BCUT2D eigenvalue weighted by atomic mass is 32.2. The molecule has 0 spiro atoms. The number of sulfonamides is 1. The van der Waals surface area contributed by atoms with Gasteiger partial charge in [0.1, 0.15) is 4.90 Å². The maximum absolute atomic E-state index is 12.2. The predicted molar refractivity (Wildman–Crippen MR) is 90.1 cm³/mol. The number of rotatable bonds is 6. The van der Waals surface area contributed by atoms with Gasteiger partial charge in [-0.05, 0) is 17.9 Å². The summed E-state index contributed by atoms with van der Waals surface area (Å²) in [6.45, 7) is 1.92. The van der Waals surface area contributed by atoms with Gasteiger partial charge >= 0.3 is 12.0 Å². The van der Waals surface area contributed by atoms with Crippen LogP contribution < -0.4 is 10.0 Å². The van der Waals surface area contributed by atoms with Crippen LogP contribution in [-0.4, -0.2) is 46.0 Å². The molecule has 12 heteroatoms. The van der Waals surface area contributed by atoms with Crippen molar-refractivity contribution in [3.63, 3.8) is 0 Å². The molecule has 0 aliphatic carbocycles. The number of carbonyl (C=O) groups is 2. The van der Waals surface area contributed by atoms with Gasteiger partial charge in [0.2, 0.25) is 0 Å². The molecule has 2 aromatic rings. The Morgan fingerprint density at radius 3 is 2.64 bits per heavy atom. The van der Waals surface area contributed by atoms with Gasteiger partial charge in [-0.3, -0.25) is 5.32 Å². The van der Waals surface area contributed by atoms with E-state index < -0.39 is 32.5 Å². The van der Waals surface area contributed by atoms with E-state index >= 15 is 0 Å². The molecule has 1 aromatic carbocycles. The molecule has 1 aromatic heterocycles. The molecular weight excluding hydrogens is 370 g/mol. The molecule has 2 rings (SSSR count). The lowest BCUT2D eigenvalue weighted by Gasteiger charge is -2.09. The van der Waals surface area contributed by atoms with E-state index in [1.54, 1.807) is 11.8 Å². The standard InChI is InChI=1S/C13H15N5O5S2/c1-3-24-13-15-11(16-18(13)2)14-12(21)17-25(22,23)9-7-5-4-6-8(9)10(19)20/h4-7H,3H2,1-2H3,(H,19,20)(H2,14,16,17,21). The Morgan fingerprint density at radius 1 is 1.32 bits per heavy atom. The Morgan fingerprint density at radius 2 is 2.00 bits per heavy atom. The first-order valence-corrected chi connectivity index (χ1v) is 9.41. The van der Waals surface area contributed by atoms with Crippen molar-refractivity contribution in [2.45, 2.75) is 17.0 Å². The van der Waals surface area contributed by atoms with Crippen LogP contribution in [0.2, 0.25) is 0 Å². The number of nitrogens with one attached hydrogen (secondary N) is 2. The fourth-order valence-electron chi connectivity index (χ4n) is 1.86. The predicted octanol–water partition coefficient (Wildman–Crippen LogP) is 1.14. The molecule has 3 N–H and O–H groups in total. The SMILES string of the molecule is CCSc1nc(NC(=O)NS(=O)(=O)c2ccccc2C(=O)O)nn1C. The number of thioether (sulfide) groups is 1. The van der Waals surface area contributed by atoms with Gasteiger partial charge in [-0.15, -0.1) is 5.10 Å². The third kappa shape index (κ3) is 4.48. The lowest BCUT2D eigenvalue weighted by Crippen LogP contribution is -2.35. The van der Waals surface area contributed by atoms with E-state index in [-0.39, 0.29) is 5.95 Å². The van der Waals surface area contributed by atoms with E-state index in [1.165, 1.54) is 28.6 Å². The quantitative estimate of drug-likeness (QED) is 0.628. The number of urea groups is 1. The number of nitrogens with zero attached hydrogens (tertiary/aromatic N) is 3. The molecule has 25 heavy (non-hydrogen) atoms. The van der Waals surface area contributed by atoms with Crippen LogP contribution in [0.25, 0.3) is 0 Å². The summed E-state index contributed by atoms with van der Waals surface area (Å²) in [6, 6.07) is 3.86. The minimum atomic E-state index is -4.38. The van der Waals surface area contributed by atoms with Crippen LogP contribution in [0.4, 0.5) is 10.7 Å². The summed E-state index contributed by atoms with van der Waals surface area (Å²) in [5.41, 5.74) is -0.444. The molecule has 0 atom stereocenters. The van der Waals surface area contributed by atoms with Gasteiger partial charge in [0.25, 0.3) is 16.0 Å². The first kappa shape index (κ1) is 18.7. The molecule has 0 saturated heterocycles. The maximum atomic E-state index is 12.2. The van der Waals surface area contributed by atoms with Gasteiger partial charge in [-0.2, -0.15) is 4.98 Å². The summed E-state index contributed by atoms with van der Waals surface area (Å²) < 4.78 is 27.7. The Hall–Kier alpha value is -2.60. The van der Waals surface area contributed by atoms with Crippen LogP contribution in [0.1, 0.15) is 17.3 Å². The second kappa shape index (κ2) is 7.53. The van der Waals surface area contributed by atoms with Crippen molar-refractivity contribution in [3.05, 3.63) is 29.8 Å². The van der Waals surface area contributed by atoms with Gasteiger partial charge in [0.15, 0.2) is 5.16 Å². The molecule has 0 fully saturated rings. The van der Waals surface area contributed by atoms with E-state index in [0.717, 1.165) is 17.9 Å². The number of anilines is 1. The molecule has 0 aliphatic heterocycles. The Bertz CT molecular complexity index is 909. The van der Waals surface area contributed by atoms with Gasteiger partial charge in [0, 0.05) is 7.05 Å². The van der Waals surface area contributed by atoms with Crippen molar-refractivity contribution in [2.75, 3.05) is 11.1 Å². The minimum Gasteiger partial charge on any atom is -0.478 e. The number of hydrogen-bond acceptors (Lipinski definition) is 7. The number of aromatic nitrogens is 3. The van der Waals surface area contributed by atoms with E-state index in [1.807, 2.05) is 6.92 Å². The smallest absolute Gasteiger partial charge is 0.337 e. The van der Waals surface area contributed by atoms with Crippen molar-refractivity contribution >= 4 is 39.7 Å². The van der Waals surface area contributed by atoms with E-state index in [9.17, 15) is 18.0 Å². The van der Waals surface area contributed by atoms with E-state index in [4.69, 9.17) is 5.11 Å². The fraction of sp³-hybridized carbons (Fsp3) is 0.231. The van der Waals surface area contributed by atoms with Crippen molar-refractivity contribution in [1.29, 1.82) is 0 Å². The second-order valence-electron chi connectivity index (χ2n) is 4.64. The zero-order chi connectivity index (χ0) is 18.6. The molecule has 134 valence electrons. The topological polar surface area (TPSA) is 143 Å². The average Bonchev–Trinajstić information content (AvgIpc) is 2.86. The number of carboxylic acid groups (broad SMARTS) is 1. The Balaban J connectivity index is 2.17. The molecule has 0 unspecified atom stereocenters. The number of aryl methyl sites for hydroxylation is 1.